The van der Waals surface area contributed by atoms with Gasteiger partial charge in [0.1, 0.15) is 0 Å². The quantitative estimate of drug-likeness (QED) is 0.730. The molecule has 0 aromatic carbocycles. The molecule has 72 valence electrons. The highest BCUT2D eigenvalue weighted by Gasteiger charge is 2.03. The number of amides is 1. The molecule has 1 aromatic heterocycles. The highest BCUT2D eigenvalue weighted by Crippen LogP contribution is 2.07. The van der Waals surface area contributed by atoms with E-state index in [1.807, 2.05) is 18.4 Å². The largest absolute Gasteiger partial charge is 0.380 e. The summed E-state index contributed by atoms with van der Waals surface area (Å²) >= 11 is 1.44. The van der Waals surface area contributed by atoms with Crippen LogP contribution in [-0.2, 0) is 4.74 Å². The van der Waals surface area contributed by atoms with Gasteiger partial charge in [0.25, 0.3) is 5.91 Å². The van der Waals surface area contributed by atoms with Gasteiger partial charge in [0.05, 0.1) is 11.5 Å². The Morgan fingerprint density at radius 3 is 3.15 bits per heavy atom. The number of nitrogens with one attached hydrogen (secondary N) is 1. The molecule has 1 heterocycles. The number of rotatable bonds is 5. The van der Waals surface area contributed by atoms with Crippen molar-refractivity contribution in [1.82, 2.24) is 5.32 Å². The van der Waals surface area contributed by atoms with E-state index in [2.05, 4.69) is 5.32 Å². The predicted molar refractivity (Wildman–Crippen MR) is 53.1 cm³/mol. The number of ether oxygens (including phenoxy) is 1. The molecule has 0 saturated carbocycles. The van der Waals surface area contributed by atoms with E-state index in [0.717, 1.165) is 4.88 Å². The summed E-state index contributed by atoms with van der Waals surface area (Å²) in [5, 5.41) is 4.65. The minimum Gasteiger partial charge on any atom is -0.380 e. The van der Waals surface area contributed by atoms with E-state index in [-0.39, 0.29) is 5.91 Å². The molecule has 0 saturated heterocycles. The Bertz CT molecular complexity index is 246. The first-order chi connectivity index (χ1) is 6.34. The van der Waals surface area contributed by atoms with Gasteiger partial charge in [-0.3, -0.25) is 4.79 Å². The Labute approximate surface area is 81.7 Å². The van der Waals surface area contributed by atoms with Crippen LogP contribution in [0, 0.1) is 0 Å². The van der Waals surface area contributed by atoms with E-state index in [4.69, 9.17) is 4.74 Å². The Morgan fingerprint density at radius 2 is 2.54 bits per heavy atom. The molecule has 13 heavy (non-hydrogen) atoms. The van der Waals surface area contributed by atoms with Crippen molar-refractivity contribution in [3.63, 3.8) is 0 Å². The Morgan fingerprint density at radius 1 is 1.69 bits per heavy atom. The SMILES string of the molecule is CCOCCNC(=O)c1cccs1. The van der Waals surface area contributed by atoms with Gasteiger partial charge in [0.15, 0.2) is 0 Å². The summed E-state index contributed by atoms with van der Waals surface area (Å²) in [4.78, 5) is 12.1. The van der Waals surface area contributed by atoms with Gasteiger partial charge in [-0.25, -0.2) is 0 Å². The molecule has 0 aliphatic carbocycles. The van der Waals surface area contributed by atoms with E-state index < -0.39 is 0 Å². The van der Waals surface area contributed by atoms with Crippen molar-refractivity contribution in [2.45, 2.75) is 6.92 Å². The molecule has 0 aliphatic heterocycles. The van der Waals surface area contributed by atoms with E-state index in [9.17, 15) is 4.79 Å². The standard InChI is InChI=1S/C9H13NO2S/c1-2-12-6-5-10-9(11)8-4-3-7-13-8/h3-4,7H,2,5-6H2,1H3,(H,10,11). The minimum atomic E-state index is -0.0188. The fraction of sp³-hybridized carbons (Fsp3) is 0.444. The minimum absolute atomic E-state index is 0.0188. The molecular weight excluding hydrogens is 186 g/mol. The maximum absolute atomic E-state index is 11.3. The van der Waals surface area contributed by atoms with Crippen LogP contribution in [0.5, 0.6) is 0 Å². The van der Waals surface area contributed by atoms with Crippen molar-refractivity contribution in [2.24, 2.45) is 0 Å². The lowest BCUT2D eigenvalue weighted by Gasteiger charge is -2.02. The van der Waals surface area contributed by atoms with Crippen LogP contribution >= 0.6 is 11.3 Å². The summed E-state index contributed by atoms with van der Waals surface area (Å²) in [5.74, 6) is -0.0188. The second-order valence-corrected chi connectivity index (χ2v) is 3.38. The van der Waals surface area contributed by atoms with Gasteiger partial charge < -0.3 is 10.1 Å². The third kappa shape index (κ3) is 3.57. The Hall–Kier alpha value is -0.870. The first-order valence-electron chi connectivity index (χ1n) is 4.24. The molecule has 0 bridgehead atoms. The summed E-state index contributed by atoms with van der Waals surface area (Å²) in [5.41, 5.74) is 0. The molecule has 4 heteroatoms. The van der Waals surface area contributed by atoms with Crippen LogP contribution in [0.2, 0.25) is 0 Å². The zero-order valence-electron chi connectivity index (χ0n) is 7.58. The van der Waals surface area contributed by atoms with E-state index in [0.29, 0.717) is 19.8 Å². The van der Waals surface area contributed by atoms with Gasteiger partial charge in [0.2, 0.25) is 0 Å². The zero-order valence-corrected chi connectivity index (χ0v) is 8.39. The monoisotopic (exact) mass is 199 g/mol. The molecule has 0 unspecified atom stereocenters. The summed E-state index contributed by atoms with van der Waals surface area (Å²) < 4.78 is 5.09. The molecule has 3 nitrogen and oxygen atoms in total. The lowest BCUT2D eigenvalue weighted by atomic mass is 10.4. The van der Waals surface area contributed by atoms with Crippen LogP contribution < -0.4 is 5.32 Å². The lowest BCUT2D eigenvalue weighted by molar-refractivity contribution is 0.0926. The maximum Gasteiger partial charge on any atom is 0.261 e. The molecule has 0 aliphatic rings. The van der Waals surface area contributed by atoms with Crippen molar-refractivity contribution in [1.29, 1.82) is 0 Å². The number of thiophene rings is 1. The highest BCUT2D eigenvalue weighted by molar-refractivity contribution is 7.12. The molecular formula is C9H13NO2S. The summed E-state index contributed by atoms with van der Waals surface area (Å²) in [6.07, 6.45) is 0. The van der Waals surface area contributed by atoms with E-state index >= 15 is 0 Å². The number of hydrogen-bond donors (Lipinski definition) is 1. The van der Waals surface area contributed by atoms with Crippen molar-refractivity contribution in [2.75, 3.05) is 19.8 Å². The van der Waals surface area contributed by atoms with Gasteiger partial charge in [-0.2, -0.15) is 0 Å². The van der Waals surface area contributed by atoms with Crippen LogP contribution in [0.1, 0.15) is 16.6 Å². The molecule has 1 N–H and O–H groups in total. The van der Waals surface area contributed by atoms with E-state index in [1.165, 1.54) is 11.3 Å². The first-order valence-corrected chi connectivity index (χ1v) is 5.12. The zero-order chi connectivity index (χ0) is 9.52. The van der Waals surface area contributed by atoms with Gasteiger partial charge in [0, 0.05) is 13.2 Å². The third-order valence-corrected chi connectivity index (χ3v) is 2.35. The van der Waals surface area contributed by atoms with Crippen molar-refractivity contribution in [3.8, 4) is 0 Å². The lowest BCUT2D eigenvalue weighted by Crippen LogP contribution is -2.26. The second-order valence-electron chi connectivity index (χ2n) is 2.43. The van der Waals surface area contributed by atoms with Gasteiger partial charge in [-0.05, 0) is 18.4 Å². The van der Waals surface area contributed by atoms with Crippen molar-refractivity contribution < 1.29 is 9.53 Å². The van der Waals surface area contributed by atoms with Crippen molar-refractivity contribution >= 4 is 17.2 Å². The van der Waals surface area contributed by atoms with E-state index in [1.54, 1.807) is 6.07 Å². The smallest absolute Gasteiger partial charge is 0.261 e. The topological polar surface area (TPSA) is 38.3 Å². The second kappa shape index (κ2) is 5.72. The number of carbonyl (C=O) groups is 1. The average Bonchev–Trinajstić information content (AvgIpc) is 2.65. The van der Waals surface area contributed by atoms with Crippen LogP contribution in [0.15, 0.2) is 17.5 Å². The van der Waals surface area contributed by atoms with Crippen molar-refractivity contribution in [3.05, 3.63) is 22.4 Å². The molecule has 0 fully saturated rings. The summed E-state index contributed by atoms with van der Waals surface area (Å²) in [6, 6.07) is 3.67. The summed E-state index contributed by atoms with van der Waals surface area (Å²) in [7, 11) is 0. The molecule has 0 spiro atoms. The van der Waals surface area contributed by atoms with Crippen LogP contribution in [0.25, 0.3) is 0 Å². The fourth-order valence-corrected chi connectivity index (χ4v) is 1.52. The number of hydrogen-bond acceptors (Lipinski definition) is 3. The molecule has 1 aromatic rings. The maximum atomic E-state index is 11.3. The molecule has 0 atom stereocenters. The Kier molecular flexibility index (Phi) is 4.49. The normalized spacial score (nSPS) is 9.92. The number of carbonyl (C=O) groups excluding carboxylic acids is 1. The van der Waals surface area contributed by atoms with Crippen LogP contribution in [0.3, 0.4) is 0 Å². The molecule has 1 amide bonds. The van der Waals surface area contributed by atoms with Gasteiger partial charge in [-0.1, -0.05) is 6.07 Å². The third-order valence-electron chi connectivity index (χ3n) is 1.48. The fourth-order valence-electron chi connectivity index (χ4n) is 0.876. The first kappa shape index (κ1) is 10.2. The highest BCUT2D eigenvalue weighted by atomic mass is 32.1. The predicted octanol–water partition coefficient (Wildman–Crippen LogP) is 1.51. The molecule has 0 radical (unpaired) electrons. The van der Waals surface area contributed by atoms with Gasteiger partial charge in [-0.15, -0.1) is 11.3 Å². The average molecular weight is 199 g/mol. The Balaban J connectivity index is 2.19. The van der Waals surface area contributed by atoms with Crippen LogP contribution in [-0.4, -0.2) is 25.7 Å². The van der Waals surface area contributed by atoms with Crippen LogP contribution in [0.4, 0.5) is 0 Å². The van der Waals surface area contributed by atoms with Gasteiger partial charge >= 0.3 is 0 Å². The summed E-state index contributed by atoms with van der Waals surface area (Å²) in [6.45, 7) is 3.77. The molecule has 1 rings (SSSR count).